The van der Waals surface area contributed by atoms with Crippen molar-refractivity contribution in [3.05, 3.63) is 106 Å². The summed E-state index contributed by atoms with van der Waals surface area (Å²) in [4.78, 5) is 10.9. The molecule has 172 valence electrons. The predicted octanol–water partition coefficient (Wildman–Crippen LogP) is 6.17. The van der Waals surface area contributed by atoms with E-state index in [-0.39, 0.29) is 5.41 Å². The van der Waals surface area contributed by atoms with Crippen molar-refractivity contribution in [1.29, 1.82) is 5.26 Å². The lowest BCUT2D eigenvalue weighted by atomic mass is 9.84. The maximum Gasteiger partial charge on any atom is 0.252 e. The molecule has 0 atom stereocenters. The summed E-state index contributed by atoms with van der Waals surface area (Å²) in [5.41, 5.74) is 15.7. The second kappa shape index (κ2) is 10.8. The fourth-order valence-corrected chi connectivity index (χ4v) is 3.48. The van der Waals surface area contributed by atoms with Gasteiger partial charge in [0.1, 0.15) is 11.8 Å². The van der Waals surface area contributed by atoms with Gasteiger partial charge >= 0.3 is 0 Å². The zero-order valence-corrected chi connectivity index (χ0v) is 19.8. The highest BCUT2D eigenvalue weighted by atomic mass is 35.5. The van der Waals surface area contributed by atoms with E-state index >= 15 is 0 Å². The van der Waals surface area contributed by atoms with E-state index in [4.69, 9.17) is 27.5 Å². The first-order valence-corrected chi connectivity index (χ1v) is 11.1. The number of nitriles is 1. The minimum Gasteiger partial charge on any atom is -0.463 e. The molecule has 0 saturated heterocycles. The van der Waals surface area contributed by atoms with E-state index in [0.29, 0.717) is 33.7 Å². The fourth-order valence-electron chi connectivity index (χ4n) is 3.31. The Morgan fingerprint density at radius 3 is 2.35 bits per heavy atom. The van der Waals surface area contributed by atoms with Gasteiger partial charge in [0.15, 0.2) is 0 Å². The van der Waals surface area contributed by atoms with Gasteiger partial charge in [-0.2, -0.15) is 5.26 Å². The zero-order chi connectivity index (χ0) is 24.7. The van der Waals surface area contributed by atoms with E-state index in [9.17, 15) is 10.1 Å². The van der Waals surface area contributed by atoms with Crippen LogP contribution in [0.2, 0.25) is 5.02 Å². The molecule has 0 fully saturated rings. The maximum absolute atomic E-state index is 10.9. The lowest BCUT2D eigenvalue weighted by Crippen LogP contribution is -2.27. The quantitative estimate of drug-likeness (QED) is 0.268. The Bertz CT molecular complexity index is 1350. The standard InChI is InChI=1S/C19H20N2.C9H6ClNO2/c1-19(2,14-21)18-10-8-16(9-11-18)17(13-20)12-15-6-4-3-5-7-15;10-5-1-2-8-6(3-5)7(4-13-8)9(11)12/h3-12H,14,21H2,1-2H3;1-4H,(H2,11,12)/b17-12+;. The number of nitrogens with zero attached hydrogens (tertiary/aromatic N) is 1. The molecule has 0 unspecified atom stereocenters. The number of hydrogen-bond donors (Lipinski definition) is 2. The van der Waals surface area contributed by atoms with Crippen molar-refractivity contribution >= 4 is 40.1 Å². The molecule has 4 aromatic rings. The normalized spacial score (nSPS) is 11.4. The first kappa shape index (κ1) is 24.8. The van der Waals surface area contributed by atoms with E-state index in [1.807, 2.05) is 48.5 Å². The Hall–Kier alpha value is -3.85. The van der Waals surface area contributed by atoms with E-state index in [1.165, 1.54) is 11.8 Å². The minimum atomic E-state index is -0.513. The number of allylic oxidation sites excluding steroid dienone is 1. The van der Waals surface area contributed by atoms with E-state index in [0.717, 1.165) is 11.1 Å². The predicted molar refractivity (Wildman–Crippen MR) is 138 cm³/mol. The van der Waals surface area contributed by atoms with Gasteiger partial charge in [0.25, 0.3) is 5.91 Å². The van der Waals surface area contributed by atoms with Crippen molar-refractivity contribution in [2.75, 3.05) is 6.54 Å². The van der Waals surface area contributed by atoms with Crippen LogP contribution in [0.4, 0.5) is 0 Å². The molecule has 0 radical (unpaired) electrons. The molecule has 3 aromatic carbocycles. The Labute approximate surface area is 204 Å². The largest absolute Gasteiger partial charge is 0.463 e. The van der Waals surface area contributed by atoms with Crippen LogP contribution in [0.15, 0.2) is 83.5 Å². The van der Waals surface area contributed by atoms with Gasteiger partial charge in [-0.3, -0.25) is 4.79 Å². The molecule has 0 saturated carbocycles. The maximum atomic E-state index is 10.9. The Kier molecular flexibility index (Phi) is 7.91. The van der Waals surface area contributed by atoms with Crippen LogP contribution in [-0.2, 0) is 5.41 Å². The average Bonchev–Trinajstić information content (AvgIpc) is 3.27. The zero-order valence-electron chi connectivity index (χ0n) is 19.1. The number of hydrogen-bond acceptors (Lipinski definition) is 4. The summed E-state index contributed by atoms with van der Waals surface area (Å²) in [6.07, 6.45) is 3.24. The third-order valence-electron chi connectivity index (χ3n) is 5.52. The molecule has 34 heavy (non-hydrogen) atoms. The fraction of sp³-hybridized carbons (Fsp3) is 0.143. The summed E-state index contributed by atoms with van der Waals surface area (Å²) < 4.78 is 5.11. The second-order valence-corrected chi connectivity index (χ2v) is 8.84. The second-order valence-electron chi connectivity index (χ2n) is 8.40. The third-order valence-corrected chi connectivity index (χ3v) is 5.75. The molecule has 5 nitrogen and oxygen atoms in total. The molecule has 1 heterocycles. The van der Waals surface area contributed by atoms with Crippen molar-refractivity contribution in [3.63, 3.8) is 0 Å². The van der Waals surface area contributed by atoms with Crippen LogP contribution >= 0.6 is 11.6 Å². The molecule has 6 heteroatoms. The van der Waals surface area contributed by atoms with Gasteiger partial charge in [0, 0.05) is 22.4 Å². The van der Waals surface area contributed by atoms with Crippen LogP contribution in [0.25, 0.3) is 22.6 Å². The van der Waals surface area contributed by atoms with Gasteiger partial charge in [-0.15, -0.1) is 0 Å². The number of nitrogens with two attached hydrogens (primary N) is 2. The lowest BCUT2D eigenvalue weighted by Gasteiger charge is -2.23. The van der Waals surface area contributed by atoms with Gasteiger partial charge in [-0.25, -0.2) is 0 Å². The van der Waals surface area contributed by atoms with Gasteiger partial charge < -0.3 is 15.9 Å². The molecule has 0 aliphatic rings. The van der Waals surface area contributed by atoms with E-state index in [2.05, 4.69) is 32.0 Å². The number of carbonyl (C=O) groups is 1. The first-order valence-electron chi connectivity index (χ1n) is 10.7. The number of furan rings is 1. The molecular weight excluding hydrogens is 446 g/mol. The number of primary amides is 1. The average molecular weight is 472 g/mol. The first-order chi connectivity index (χ1) is 16.2. The number of fused-ring (bicyclic) bond motifs is 1. The van der Waals surface area contributed by atoms with Gasteiger partial charge in [-0.05, 0) is 41.0 Å². The molecule has 1 amide bonds. The Balaban J connectivity index is 0.000000212. The van der Waals surface area contributed by atoms with Crippen molar-refractivity contribution in [2.24, 2.45) is 11.5 Å². The summed E-state index contributed by atoms with van der Waals surface area (Å²) in [7, 11) is 0. The number of rotatable bonds is 5. The summed E-state index contributed by atoms with van der Waals surface area (Å²) in [5, 5.41) is 10.6. The van der Waals surface area contributed by atoms with Crippen molar-refractivity contribution in [2.45, 2.75) is 19.3 Å². The highest BCUT2D eigenvalue weighted by Gasteiger charge is 2.18. The van der Waals surface area contributed by atoms with Crippen molar-refractivity contribution < 1.29 is 9.21 Å². The summed E-state index contributed by atoms with van der Waals surface area (Å²) in [5.74, 6) is -0.513. The van der Waals surface area contributed by atoms with Crippen LogP contribution in [0.1, 0.15) is 40.9 Å². The molecule has 1 aromatic heterocycles. The van der Waals surface area contributed by atoms with Crippen molar-refractivity contribution in [1.82, 2.24) is 0 Å². The van der Waals surface area contributed by atoms with Gasteiger partial charge in [0.05, 0.1) is 17.2 Å². The van der Waals surface area contributed by atoms with Crippen molar-refractivity contribution in [3.8, 4) is 6.07 Å². The molecule has 0 aliphatic carbocycles. The van der Waals surface area contributed by atoms with Crippen LogP contribution in [0.5, 0.6) is 0 Å². The number of carbonyl (C=O) groups excluding carboxylic acids is 1. The topological polar surface area (TPSA) is 106 Å². The van der Waals surface area contributed by atoms with Gasteiger partial charge in [0.2, 0.25) is 0 Å². The Morgan fingerprint density at radius 2 is 1.76 bits per heavy atom. The number of halogens is 1. The minimum absolute atomic E-state index is 0.0471. The summed E-state index contributed by atoms with van der Waals surface area (Å²) in [6.45, 7) is 4.83. The number of amides is 1. The van der Waals surface area contributed by atoms with Crippen LogP contribution in [0.3, 0.4) is 0 Å². The molecular formula is C28H26ClN3O2. The monoisotopic (exact) mass is 471 g/mol. The van der Waals surface area contributed by atoms with Crippen LogP contribution in [-0.4, -0.2) is 12.5 Å². The summed E-state index contributed by atoms with van der Waals surface area (Å²) in [6, 6.07) is 25.3. The lowest BCUT2D eigenvalue weighted by molar-refractivity contribution is 0.100. The highest BCUT2D eigenvalue weighted by Crippen LogP contribution is 2.25. The smallest absolute Gasteiger partial charge is 0.252 e. The number of benzene rings is 3. The molecule has 0 bridgehead atoms. The molecule has 0 aliphatic heterocycles. The van der Waals surface area contributed by atoms with Gasteiger partial charge in [-0.1, -0.05) is 80.0 Å². The van der Waals surface area contributed by atoms with E-state index < -0.39 is 5.91 Å². The molecule has 4 N–H and O–H groups in total. The molecule has 0 spiro atoms. The van der Waals surface area contributed by atoms with Crippen LogP contribution in [0, 0.1) is 11.3 Å². The third kappa shape index (κ3) is 5.93. The Morgan fingerprint density at radius 1 is 1.09 bits per heavy atom. The molecule has 4 rings (SSSR count). The SMILES string of the molecule is CC(C)(CN)c1ccc(/C(C#N)=C/c2ccccc2)cc1.NC(=O)c1coc2ccc(Cl)cc12. The summed E-state index contributed by atoms with van der Waals surface area (Å²) >= 11 is 5.76. The van der Waals surface area contributed by atoms with Crippen LogP contribution < -0.4 is 11.5 Å². The van der Waals surface area contributed by atoms with E-state index in [1.54, 1.807) is 18.2 Å². The highest BCUT2D eigenvalue weighted by molar-refractivity contribution is 6.31.